The van der Waals surface area contributed by atoms with Crippen LogP contribution < -0.4 is 0 Å². The van der Waals surface area contributed by atoms with Crippen LogP contribution in [-0.2, 0) is 0 Å². The first-order valence-corrected chi connectivity index (χ1v) is 6.80. The summed E-state index contributed by atoms with van der Waals surface area (Å²) < 4.78 is 2.57. The molecule has 1 fully saturated rings. The third-order valence-electron chi connectivity index (χ3n) is 2.91. The summed E-state index contributed by atoms with van der Waals surface area (Å²) in [4.78, 5) is 0. The Morgan fingerprint density at radius 3 is 2.87 bits per heavy atom. The van der Waals surface area contributed by atoms with Crippen LogP contribution in [0.2, 0.25) is 0 Å². The summed E-state index contributed by atoms with van der Waals surface area (Å²) in [6, 6.07) is 11.6. The molecule has 2 heteroatoms. The summed E-state index contributed by atoms with van der Waals surface area (Å²) in [5.74, 6) is 1.28. The summed E-state index contributed by atoms with van der Waals surface area (Å²) in [7, 11) is 0. The van der Waals surface area contributed by atoms with Crippen molar-refractivity contribution in [2.24, 2.45) is 0 Å². The van der Waals surface area contributed by atoms with E-state index in [1.54, 1.807) is 0 Å². The van der Waals surface area contributed by atoms with Crippen LogP contribution in [0.1, 0.15) is 37.8 Å². The zero-order valence-corrected chi connectivity index (χ0v) is 10.2. The second-order valence-corrected chi connectivity index (χ2v) is 5.18. The van der Waals surface area contributed by atoms with Crippen LogP contribution in [0.3, 0.4) is 0 Å². The molecule has 0 N–H and O–H groups in total. The Morgan fingerprint density at radius 2 is 2.13 bits per heavy atom. The monoisotopic (exact) mass is 221 g/mol. The third kappa shape index (κ3) is 2.76. The maximum atomic E-state index is 2.57. The van der Waals surface area contributed by atoms with Crippen molar-refractivity contribution in [3.63, 3.8) is 0 Å². The lowest BCUT2D eigenvalue weighted by Gasteiger charge is -2.23. The molecule has 1 nitrogen and oxygen atoms in total. The molecule has 0 radical (unpaired) electrons. The van der Waals surface area contributed by atoms with Gasteiger partial charge in [0.15, 0.2) is 0 Å². The Bertz CT molecular complexity index is 286. The van der Waals surface area contributed by atoms with E-state index in [0.717, 1.165) is 0 Å². The first-order valence-electron chi connectivity index (χ1n) is 5.86. The maximum Gasteiger partial charge on any atom is 0.0460 e. The van der Waals surface area contributed by atoms with Crippen LogP contribution in [0.4, 0.5) is 0 Å². The van der Waals surface area contributed by atoms with Crippen LogP contribution >= 0.6 is 11.9 Å². The van der Waals surface area contributed by atoms with E-state index in [0.29, 0.717) is 6.04 Å². The van der Waals surface area contributed by atoms with E-state index < -0.39 is 0 Å². The quantitative estimate of drug-likeness (QED) is 0.710. The SMILES string of the molecule is CCCCN1SCCC1c1ccccc1. The predicted octanol–water partition coefficient (Wildman–Crippen LogP) is 3.88. The fourth-order valence-corrected chi connectivity index (χ4v) is 3.29. The largest absolute Gasteiger partial charge is 0.243 e. The van der Waals surface area contributed by atoms with Gasteiger partial charge in [0.25, 0.3) is 0 Å². The smallest absolute Gasteiger partial charge is 0.0460 e. The van der Waals surface area contributed by atoms with Gasteiger partial charge in [0, 0.05) is 18.3 Å². The first-order chi connectivity index (χ1) is 7.42. The summed E-state index contributed by atoms with van der Waals surface area (Å²) in [5.41, 5.74) is 1.48. The minimum absolute atomic E-state index is 0.655. The van der Waals surface area contributed by atoms with Crippen molar-refractivity contribution in [3.8, 4) is 0 Å². The summed E-state index contributed by atoms with van der Waals surface area (Å²) >= 11 is 2.02. The normalized spacial score (nSPS) is 22.1. The van der Waals surface area contributed by atoms with Crippen LogP contribution in [-0.4, -0.2) is 16.6 Å². The molecule has 1 heterocycles. The van der Waals surface area contributed by atoms with Gasteiger partial charge in [-0.1, -0.05) is 55.6 Å². The van der Waals surface area contributed by atoms with Crippen molar-refractivity contribution in [1.82, 2.24) is 4.31 Å². The second-order valence-electron chi connectivity index (χ2n) is 4.04. The molecule has 1 unspecified atom stereocenters. The van der Waals surface area contributed by atoms with E-state index in [1.807, 2.05) is 11.9 Å². The van der Waals surface area contributed by atoms with E-state index in [9.17, 15) is 0 Å². The highest BCUT2D eigenvalue weighted by Gasteiger charge is 2.25. The van der Waals surface area contributed by atoms with Crippen molar-refractivity contribution in [1.29, 1.82) is 0 Å². The molecule has 82 valence electrons. The van der Waals surface area contributed by atoms with Gasteiger partial charge in [-0.2, -0.15) is 0 Å². The van der Waals surface area contributed by atoms with Gasteiger partial charge in [0.2, 0.25) is 0 Å². The zero-order valence-electron chi connectivity index (χ0n) is 9.36. The lowest BCUT2D eigenvalue weighted by molar-refractivity contribution is 0.369. The Morgan fingerprint density at radius 1 is 1.33 bits per heavy atom. The van der Waals surface area contributed by atoms with Crippen molar-refractivity contribution >= 4 is 11.9 Å². The molecular weight excluding hydrogens is 202 g/mol. The molecule has 1 aliphatic heterocycles. The minimum atomic E-state index is 0.655. The fraction of sp³-hybridized carbons (Fsp3) is 0.538. The van der Waals surface area contributed by atoms with Crippen molar-refractivity contribution < 1.29 is 0 Å². The average Bonchev–Trinajstić information content (AvgIpc) is 2.75. The molecule has 1 atom stereocenters. The molecule has 0 aliphatic carbocycles. The lowest BCUT2D eigenvalue weighted by Crippen LogP contribution is -2.18. The predicted molar refractivity (Wildman–Crippen MR) is 67.9 cm³/mol. The van der Waals surface area contributed by atoms with Crippen LogP contribution in [0.5, 0.6) is 0 Å². The minimum Gasteiger partial charge on any atom is -0.243 e. The van der Waals surface area contributed by atoms with E-state index in [4.69, 9.17) is 0 Å². The third-order valence-corrected chi connectivity index (χ3v) is 4.10. The molecule has 1 saturated heterocycles. The first kappa shape index (κ1) is 11.0. The molecule has 0 spiro atoms. The van der Waals surface area contributed by atoms with Crippen LogP contribution in [0.25, 0.3) is 0 Å². The highest BCUT2D eigenvalue weighted by Crippen LogP contribution is 2.37. The van der Waals surface area contributed by atoms with Crippen molar-refractivity contribution in [2.75, 3.05) is 12.3 Å². The van der Waals surface area contributed by atoms with Crippen molar-refractivity contribution in [2.45, 2.75) is 32.2 Å². The number of unbranched alkanes of at least 4 members (excludes halogenated alkanes) is 1. The summed E-state index contributed by atoms with van der Waals surface area (Å²) in [6.07, 6.45) is 3.91. The van der Waals surface area contributed by atoms with E-state index in [-0.39, 0.29) is 0 Å². The molecule has 0 aromatic heterocycles. The Kier molecular flexibility index (Phi) is 4.09. The van der Waals surface area contributed by atoms with E-state index in [1.165, 1.54) is 37.1 Å². The highest BCUT2D eigenvalue weighted by atomic mass is 32.2. The molecular formula is C13H19NS. The standard InChI is InChI=1S/C13H19NS/c1-2-3-10-14-13(9-11-15-14)12-7-5-4-6-8-12/h4-8,13H,2-3,9-11H2,1H3. The highest BCUT2D eigenvalue weighted by molar-refractivity contribution is 7.97. The maximum absolute atomic E-state index is 2.57. The number of hydrogen-bond donors (Lipinski definition) is 0. The molecule has 2 rings (SSSR count). The molecule has 1 aromatic rings. The second kappa shape index (κ2) is 5.57. The number of hydrogen-bond acceptors (Lipinski definition) is 2. The zero-order chi connectivity index (χ0) is 10.5. The van der Waals surface area contributed by atoms with E-state index >= 15 is 0 Å². The summed E-state index contributed by atoms with van der Waals surface area (Å²) in [5, 5.41) is 0. The lowest BCUT2D eigenvalue weighted by atomic mass is 10.0. The fourth-order valence-electron chi connectivity index (χ4n) is 2.06. The Hall–Kier alpha value is -0.470. The van der Waals surface area contributed by atoms with E-state index in [2.05, 4.69) is 41.6 Å². The van der Waals surface area contributed by atoms with Crippen LogP contribution in [0.15, 0.2) is 30.3 Å². The van der Waals surface area contributed by atoms with Gasteiger partial charge < -0.3 is 0 Å². The summed E-state index contributed by atoms with van der Waals surface area (Å²) in [6.45, 7) is 3.50. The van der Waals surface area contributed by atoms with Crippen molar-refractivity contribution in [3.05, 3.63) is 35.9 Å². The number of rotatable bonds is 4. The molecule has 0 saturated carbocycles. The molecule has 0 amide bonds. The van der Waals surface area contributed by atoms with Gasteiger partial charge in [0.1, 0.15) is 0 Å². The topological polar surface area (TPSA) is 3.24 Å². The average molecular weight is 221 g/mol. The molecule has 1 aromatic carbocycles. The Balaban J connectivity index is 2.01. The molecule has 0 bridgehead atoms. The van der Waals surface area contributed by atoms with Gasteiger partial charge in [-0.15, -0.1) is 0 Å². The van der Waals surface area contributed by atoms with Gasteiger partial charge in [-0.05, 0) is 18.4 Å². The molecule has 1 aliphatic rings. The molecule has 15 heavy (non-hydrogen) atoms. The number of nitrogens with zero attached hydrogens (tertiary/aromatic N) is 1. The Labute approximate surface area is 97.0 Å². The van der Waals surface area contributed by atoms with Gasteiger partial charge in [0.05, 0.1) is 0 Å². The van der Waals surface area contributed by atoms with Gasteiger partial charge >= 0.3 is 0 Å². The van der Waals surface area contributed by atoms with Gasteiger partial charge in [-0.3, -0.25) is 0 Å². The van der Waals surface area contributed by atoms with Crippen LogP contribution in [0, 0.1) is 0 Å². The van der Waals surface area contributed by atoms with Gasteiger partial charge in [-0.25, -0.2) is 4.31 Å². The number of benzene rings is 1.